The Bertz CT molecular complexity index is 549. The predicted octanol–water partition coefficient (Wildman–Crippen LogP) is 1.92. The lowest BCUT2D eigenvalue weighted by molar-refractivity contribution is 0.966. The van der Waals surface area contributed by atoms with Crippen LogP contribution in [0.4, 0.5) is 5.69 Å². The third kappa shape index (κ3) is 3.56. The van der Waals surface area contributed by atoms with Crippen molar-refractivity contribution in [3.05, 3.63) is 65.7 Å². The number of nitrogens with one attached hydrogen (secondary N) is 1. The van der Waals surface area contributed by atoms with Crippen molar-refractivity contribution in [3.8, 4) is 0 Å². The van der Waals surface area contributed by atoms with E-state index in [2.05, 4.69) is 22.6 Å². The van der Waals surface area contributed by atoms with Crippen molar-refractivity contribution < 1.29 is 0 Å². The molecule has 0 saturated carbocycles. The van der Waals surface area contributed by atoms with Gasteiger partial charge in [0, 0.05) is 12.1 Å². The molecule has 0 unspecified atom stereocenters. The Morgan fingerprint density at radius 2 is 1.68 bits per heavy atom. The van der Waals surface area contributed by atoms with Crippen LogP contribution in [0.15, 0.2) is 59.6 Å². The monoisotopic (exact) mass is 254 g/mol. The number of nitrogens with two attached hydrogens (primary N) is 2. The summed E-state index contributed by atoms with van der Waals surface area (Å²) in [5.41, 5.74) is 11.5. The van der Waals surface area contributed by atoms with Gasteiger partial charge >= 0.3 is 0 Å². The van der Waals surface area contributed by atoms with Gasteiger partial charge in [-0.2, -0.15) is 0 Å². The van der Waals surface area contributed by atoms with Crippen molar-refractivity contribution in [1.29, 1.82) is 0 Å². The van der Waals surface area contributed by atoms with Crippen LogP contribution in [0.1, 0.15) is 11.1 Å². The zero-order chi connectivity index (χ0) is 13.5. The van der Waals surface area contributed by atoms with Crippen LogP contribution in [-0.2, 0) is 6.42 Å². The van der Waals surface area contributed by atoms with E-state index in [1.165, 1.54) is 5.56 Å². The number of rotatable bonds is 5. The summed E-state index contributed by atoms with van der Waals surface area (Å²) in [7, 11) is 0. The summed E-state index contributed by atoms with van der Waals surface area (Å²) in [5, 5.41) is 0. The molecule has 0 aliphatic rings. The Balaban J connectivity index is 2.03. The first kappa shape index (κ1) is 13.1. The minimum Gasteiger partial charge on any atom is -0.383 e. The second-order valence-electron chi connectivity index (χ2n) is 4.19. The molecule has 5 N–H and O–H groups in total. The number of aliphatic imine (C=N–C) groups is 1. The Labute approximate surface area is 113 Å². The molecule has 2 aromatic rings. The number of hydrogen-bond donors (Lipinski definition) is 3. The van der Waals surface area contributed by atoms with Crippen molar-refractivity contribution in [2.24, 2.45) is 16.6 Å². The topological polar surface area (TPSA) is 76.4 Å². The van der Waals surface area contributed by atoms with E-state index < -0.39 is 0 Å². The number of para-hydroxylation sites is 1. The molecule has 0 saturated heterocycles. The highest BCUT2D eigenvalue weighted by Gasteiger charge is 2.03. The second-order valence-corrected chi connectivity index (χ2v) is 4.19. The highest BCUT2D eigenvalue weighted by Crippen LogP contribution is 2.13. The van der Waals surface area contributed by atoms with E-state index in [9.17, 15) is 0 Å². The minimum atomic E-state index is 0.504. The molecule has 4 nitrogen and oxygen atoms in total. The molecule has 2 rings (SSSR count). The lowest BCUT2D eigenvalue weighted by atomic mass is 10.1. The fourth-order valence-corrected chi connectivity index (χ4v) is 1.87. The smallest absolute Gasteiger partial charge is 0.127 e. The summed E-state index contributed by atoms with van der Waals surface area (Å²) in [4.78, 5) is 4.40. The molecular weight excluding hydrogens is 236 g/mol. The highest BCUT2D eigenvalue weighted by atomic mass is 15.2. The molecule has 0 radical (unpaired) electrons. The maximum Gasteiger partial charge on any atom is 0.127 e. The maximum absolute atomic E-state index is 5.99. The average Bonchev–Trinajstić information content (AvgIpc) is 2.48. The number of amidine groups is 1. The number of anilines is 1. The lowest BCUT2D eigenvalue weighted by Gasteiger charge is -2.08. The minimum absolute atomic E-state index is 0.504. The zero-order valence-electron chi connectivity index (χ0n) is 10.7. The third-order valence-corrected chi connectivity index (χ3v) is 2.88. The van der Waals surface area contributed by atoms with E-state index in [-0.39, 0.29) is 0 Å². The molecule has 0 aromatic heterocycles. The predicted molar refractivity (Wildman–Crippen MR) is 80.0 cm³/mol. The van der Waals surface area contributed by atoms with Crippen molar-refractivity contribution in [2.75, 3.05) is 12.0 Å². The number of hydrogen-bond acceptors (Lipinski definition) is 3. The van der Waals surface area contributed by atoms with Crippen molar-refractivity contribution in [3.63, 3.8) is 0 Å². The molecule has 0 spiro atoms. The second kappa shape index (κ2) is 6.56. The van der Waals surface area contributed by atoms with E-state index in [0.717, 1.165) is 17.7 Å². The van der Waals surface area contributed by atoms with Gasteiger partial charge in [0.1, 0.15) is 5.84 Å². The SMILES string of the molecule is NNc1ccccc1C(N)=NCCc1ccccc1. The highest BCUT2D eigenvalue weighted by molar-refractivity contribution is 6.02. The van der Waals surface area contributed by atoms with Crippen molar-refractivity contribution in [2.45, 2.75) is 6.42 Å². The van der Waals surface area contributed by atoms with Gasteiger partial charge in [-0.25, -0.2) is 0 Å². The molecule has 0 atom stereocenters. The largest absolute Gasteiger partial charge is 0.383 e. The Kier molecular flexibility index (Phi) is 4.53. The van der Waals surface area contributed by atoms with Gasteiger partial charge in [0.2, 0.25) is 0 Å². The molecule has 0 aliphatic carbocycles. The lowest BCUT2D eigenvalue weighted by Crippen LogP contribution is -2.19. The molecule has 98 valence electrons. The average molecular weight is 254 g/mol. The molecule has 19 heavy (non-hydrogen) atoms. The van der Waals surface area contributed by atoms with Gasteiger partial charge in [-0.15, -0.1) is 0 Å². The van der Waals surface area contributed by atoms with Crippen LogP contribution in [0.2, 0.25) is 0 Å². The van der Waals surface area contributed by atoms with E-state index in [0.29, 0.717) is 12.4 Å². The summed E-state index contributed by atoms with van der Waals surface area (Å²) < 4.78 is 0. The van der Waals surface area contributed by atoms with Gasteiger partial charge in [-0.05, 0) is 24.1 Å². The maximum atomic E-state index is 5.99. The fraction of sp³-hybridized carbons (Fsp3) is 0.133. The van der Waals surface area contributed by atoms with Crippen LogP contribution in [0.25, 0.3) is 0 Å². The molecular formula is C15H18N4. The van der Waals surface area contributed by atoms with Crippen LogP contribution >= 0.6 is 0 Å². The molecule has 0 fully saturated rings. The first-order valence-corrected chi connectivity index (χ1v) is 6.21. The van der Waals surface area contributed by atoms with Crippen LogP contribution in [0.3, 0.4) is 0 Å². The molecule has 0 amide bonds. The normalized spacial score (nSPS) is 11.3. The molecule has 0 bridgehead atoms. The van der Waals surface area contributed by atoms with Crippen LogP contribution in [0.5, 0.6) is 0 Å². The molecule has 0 aliphatic heterocycles. The van der Waals surface area contributed by atoms with Gasteiger partial charge in [0.25, 0.3) is 0 Å². The summed E-state index contributed by atoms with van der Waals surface area (Å²) in [6.07, 6.45) is 0.875. The van der Waals surface area contributed by atoms with Crippen molar-refractivity contribution >= 4 is 11.5 Å². The first-order valence-electron chi connectivity index (χ1n) is 6.21. The van der Waals surface area contributed by atoms with E-state index >= 15 is 0 Å². The van der Waals surface area contributed by atoms with E-state index in [4.69, 9.17) is 11.6 Å². The fourth-order valence-electron chi connectivity index (χ4n) is 1.87. The first-order chi connectivity index (χ1) is 9.31. The van der Waals surface area contributed by atoms with Gasteiger partial charge in [-0.3, -0.25) is 10.8 Å². The van der Waals surface area contributed by atoms with Crippen LogP contribution in [-0.4, -0.2) is 12.4 Å². The molecule has 2 aromatic carbocycles. The molecule has 4 heteroatoms. The van der Waals surface area contributed by atoms with Gasteiger partial charge < -0.3 is 11.2 Å². The molecule has 0 heterocycles. The Morgan fingerprint density at radius 1 is 1.00 bits per heavy atom. The third-order valence-electron chi connectivity index (χ3n) is 2.88. The zero-order valence-corrected chi connectivity index (χ0v) is 10.7. The van der Waals surface area contributed by atoms with Crippen LogP contribution in [0, 0.1) is 0 Å². The Morgan fingerprint density at radius 3 is 2.42 bits per heavy atom. The summed E-state index contributed by atoms with van der Waals surface area (Å²) in [5.74, 6) is 5.95. The van der Waals surface area contributed by atoms with Crippen molar-refractivity contribution in [1.82, 2.24) is 0 Å². The quantitative estimate of drug-likeness (QED) is 0.330. The van der Waals surface area contributed by atoms with Gasteiger partial charge in [0.05, 0.1) is 5.69 Å². The number of nitrogens with zero attached hydrogens (tertiary/aromatic N) is 1. The van der Waals surface area contributed by atoms with E-state index in [1.807, 2.05) is 42.5 Å². The van der Waals surface area contributed by atoms with Gasteiger partial charge in [0.15, 0.2) is 0 Å². The van der Waals surface area contributed by atoms with E-state index in [1.54, 1.807) is 0 Å². The van der Waals surface area contributed by atoms with Gasteiger partial charge in [-0.1, -0.05) is 42.5 Å². The number of hydrazine groups is 1. The van der Waals surface area contributed by atoms with Crippen LogP contribution < -0.4 is 17.0 Å². The summed E-state index contributed by atoms with van der Waals surface area (Å²) >= 11 is 0. The Hall–Kier alpha value is -2.33. The number of benzene rings is 2. The number of nitrogen functional groups attached to an aromatic ring is 1. The standard InChI is InChI=1S/C15H18N4/c16-15(13-8-4-5-9-14(13)19-17)18-11-10-12-6-2-1-3-7-12/h1-9,19H,10-11,17H2,(H2,16,18). The summed E-state index contributed by atoms with van der Waals surface area (Å²) in [6.45, 7) is 0.661. The summed E-state index contributed by atoms with van der Waals surface area (Å²) in [6, 6.07) is 17.8.